The van der Waals surface area contributed by atoms with Gasteiger partial charge in [-0.3, -0.25) is 14.4 Å². The summed E-state index contributed by atoms with van der Waals surface area (Å²) in [6.07, 6.45) is 13.9. The Bertz CT molecular complexity index is 620. The van der Waals surface area contributed by atoms with Crippen molar-refractivity contribution in [2.45, 2.75) is 151 Å². The normalized spacial score (nSPS) is 13.1. The molecule has 0 spiro atoms. The Morgan fingerprint density at radius 1 is 0.711 bits per heavy atom. The third kappa shape index (κ3) is 18.6. The summed E-state index contributed by atoms with van der Waals surface area (Å²) in [5, 5.41) is 0. The van der Waals surface area contributed by atoms with Gasteiger partial charge in [-0.05, 0) is 65.7 Å². The highest BCUT2D eigenvalue weighted by atomic mass is 16.6. The summed E-state index contributed by atoms with van der Waals surface area (Å²) in [5.41, 5.74) is -1.07. The first-order valence-electron chi connectivity index (χ1n) is 15.2. The van der Waals surface area contributed by atoms with E-state index in [1.54, 1.807) is 20.8 Å². The lowest BCUT2D eigenvalue weighted by Gasteiger charge is -2.28. The average molecular weight is 543 g/mol. The fraction of sp³-hybridized carbons (Fsp3) is 0.903. The molecule has 0 heterocycles. The van der Waals surface area contributed by atoms with E-state index >= 15 is 0 Å². The molecule has 0 aromatic heterocycles. The van der Waals surface area contributed by atoms with Gasteiger partial charge in [0.05, 0.1) is 25.2 Å². The molecule has 7 heteroatoms. The van der Waals surface area contributed by atoms with E-state index in [1.165, 1.54) is 38.5 Å². The first-order valence-corrected chi connectivity index (χ1v) is 15.2. The number of rotatable bonds is 24. The van der Waals surface area contributed by atoms with Crippen LogP contribution < -0.4 is 0 Å². The van der Waals surface area contributed by atoms with Crippen LogP contribution in [-0.2, 0) is 33.3 Å². The van der Waals surface area contributed by atoms with Crippen molar-refractivity contribution >= 4 is 17.9 Å². The molecule has 0 aliphatic carbocycles. The fourth-order valence-corrected chi connectivity index (χ4v) is 3.90. The zero-order valence-electron chi connectivity index (χ0n) is 25.6. The molecule has 0 radical (unpaired) electrons. The highest BCUT2D eigenvalue weighted by Crippen LogP contribution is 2.22. The number of hydrogen-bond donors (Lipinski definition) is 0. The number of hydrogen-bond acceptors (Lipinski definition) is 7. The summed E-state index contributed by atoms with van der Waals surface area (Å²) in [5.74, 6) is -1.19. The second-order valence-electron chi connectivity index (χ2n) is 11.4. The van der Waals surface area contributed by atoms with Crippen LogP contribution in [0.25, 0.3) is 0 Å². The van der Waals surface area contributed by atoms with Gasteiger partial charge in [0.1, 0.15) is 18.1 Å². The zero-order chi connectivity index (χ0) is 28.8. The van der Waals surface area contributed by atoms with E-state index in [1.807, 2.05) is 13.8 Å². The summed E-state index contributed by atoms with van der Waals surface area (Å²) in [7, 11) is 0. The quantitative estimate of drug-likeness (QED) is 0.0706. The summed E-state index contributed by atoms with van der Waals surface area (Å²) in [4.78, 5) is 37.2. The van der Waals surface area contributed by atoms with Crippen LogP contribution >= 0.6 is 0 Å². The molecule has 0 aromatic carbocycles. The molecule has 0 saturated carbocycles. The molecule has 38 heavy (non-hydrogen) atoms. The molecule has 0 aromatic rings. The minimum atomic E-state index is -1.07. The summed E-state index contributed by atoms with van der Waals surface area (Å²) >= 11 is 0. The topological polar surface area (TPSA) is 88.1 Å². The van der Waals surface area contributed by atoms with Gasteiger partial charge in [-0.15, -0.1) is 0 Å². The van der Waals surface area contributed by atoms with E-state index in [4.69, 9.17) is 18.9 Å². The molecule has 0 aliphatic rings. The Morgan fingerprint density at radius 2 is 1.29 bits per heavy atom. The minimum absolute atomic E-state index is 0.0349. The van der Waals surface area contributed by atoms with Crippen molar-refractivity contribution in [3.05, 3.63) is 0 Å². The SMILES string of the molecule is CCCCCCC(CCCCCC)OC(=O)CCCCCOC(=O)C(C)(COC(=O)C(C)C)COC(C)C. The van der Waals surface area contributed by atoms with E-state index < -0.39 is 11.4 Å². The van der Waals surface area contributed by atoms with Crippen LogP contribution in [0.3, 0.4) is 0 Å². The van der Waals surface area contributed by atoms with Crippen molar-refractivity contribution in [2.75, 3.05) is 19.8 Å². The summed E-state index contributed by atoms with van der Waals surface area (Å²) in [6, 6.07) is 0. The Morgan fingerprint density at radius 3 is 1.82 bits per heavy atom. The first-order chi connectivity index (χ1) is 18.1. The van der Waals surface area contributed by atoms with Crippen molar-refractivity contribution in [3.63, 3.8) is 0 Å². The lowest BCUT2D eigenvalue weighted by atomic mass is 9.93. The maximum atomic E-state index is 12.8. The highest BCUT2D eigenvalue weighted by Gasteiger charge is 2.37. The van der Waals surface area contributed by atoms with Crippen LogP contribution in [0.2, 0.25) is 0 Å². The van der Waals surface area contributed by atoms with Gasteiger partial charge in [-0.2, -0.15) is 0 Å². The van der Waals surface area contributed by atoms with Crippen molar-refractivity contribution < 1.29 is 33.3 Å². The number of esters is 3. The second kappa shape index (κ2) is 22.2. The standard InChI is InChI=1S/C31H58O7/c1-8-10-12-15-19-27(20-16-13-11-9-2)38-28(32)21-17-14-18-22-35-30(34)31(7,23-36-26(5)6)24-37-29(33)25(3)4/h25-27H,8-24H2,1-7H3. The third-order valence-electron chi connectivity index (χ3n) is 6.55. The molecule has 0 aliphatic heterocycles. The van der Waals surface area contributed by atoms with Crippen LogP contribution in [0.4, 0.5) is 0 Å². The van der Waals surface area contributed by atoms with Gasteiger partial charge >= 0.3 is 17.9 Å². The monoisotopic (exact) mass is 542 g/mol. The van der Waals surface area contributed by atoms with Gasteiger partial charge < -0.3 is 18.9 Å². The van der Waals surface area contributed by atoms with Crippen molar-refractivity contribution in [1.82, 2.24) is 0 Å². The zero-order valence-corrected chi connectivity index (χ0v) is 25.6. The molecule has 224 valence electrons. The van der Waals surface area contributed by atoms with Crippen molar-refractivity contribution in [2.24, 2.45) is 11.3 Å². The van der Waals surface area contributed by atoms with Gasteiger partial charge in [-0.25, -0.2) is 0 Å². The van der Waals surface area contributed by atoms with Crippen LogP contribution in [0.5, 0.6) is 0 Å². The molecule has 1 atom stereocenters. The van der Waals surface area contributed by atoms with Crippen LogP contribution in [0.1, 0.15) is 138 Å². The van der Waals surface area contributed by atoms with Crippen molar-refractivity contribution in [3.8, 4) is 0 Å². The van der Waals surface area contributed by atoms with Crippen molar-refractivity contribution in [1.29, 1.82) is 0 Å². The average Bonchev–Trinajstić information content (AvgIpc) is 2.87. The number of carbonyl (C=O) groups excluding carboxylic acids is 3. The molecule has 0 bridgehead atoms. The predicted octanol–water partition coefficient (Wildman–Crippen LogP) is 7.57. The Kier molecular flexibility index (Phi) is 21.3. The minimum Gasteiger partial charge on any atom is -0.465 e. The first kappa shape index (κ1) is 36.4. The van der Waals surface area contributed by atoms with E-state index in [0.717, 1.165) is 32.1 Å². The molecule has 0 rings (SSSR count). The lowest BCUT2D eigenvalue weighted by molar-refractivity contribution is -0.169. The Hall–Kier alpha value is -1.63. The van der Waals surface area contributed by atoms with Gasteiger partial charge in [0, 0.05) is 6.42 Å². The van der Waals surface area contributed by atoms with Gasteiger partial charge in [0.25, 0.3) is 0 Å². The smallest absolute Gasteiger partial charge is 0.317 e. The van der Waals surface area contributed by atoms with E-state index in [-0.39, 0.29) is 49.9 Å². The fourth-order valence-electron chi connectivity index (χ4n) is 3.90. The largest absolute Gasteiger partial charge is 0.465 e. The van der Waals surface area contributed by atoms with E-state index in [2.05, 4.69) is 13.8 Å². The molecule has 7 nitrogen and oxygen atoms in total. The number of carbonyl (C=O) groups is 3. The Labute approximate surface area is 233 Å². The molecule has 0 fully saturated rings. The number of unbranched alkanes of at least 4 members (excludes halogenated alkanes) is 8. The van der Waals surface area contributed by atoms with Gasteiger partial charge in [-0.1, -0.05) is 66.2 Å². The van der Waals surface area contributed by atoms with Gasteiger partial charge in [0.2, 0.25) is 0 Å². The van der Waals surface area contributed by atoms with Gasteiger partial charge in [0.15, 0.2) is 0 Å². The summed E-state index contributed by atoms with van der Waals surface area (Å²) < 4.78 is 22.3. The maximum absolute atomic E-state index is 12.8. The molecule has 0 amide bonds. The molecular weight excluding hydrogens is 484 g/mol. The predicted molar refractivity (Wildman–Crippen MR) is 152 cm³/mol. The van der Waals surface area contributed by atoms with Crippen LogP contribution in [0.15, 0.2) is 0 Å². The Balaban J connectivity index is 4.45. The highest BCUT2D eigenvalue weighted by molar-refractivity contribution is 5.78. The molecule has 0 N–H and O–H groups in total. The summed E-state index contributed by atoms with van der Waals surface area (Å²) in [6.45, 7) is 13.7. The van der Waals surface area contributed by atoms with Crippen LogP contribution in [-0.4, -0.2) is 49.9 Å². The number of ether oxygens (including phenoxy) is 4. The lowest BCUT2D eigenvalue weighted by Crippen LogP contribution is -2.41. The molecular formula is C31H58O7. The third-order valence-corrected chi connectivity index (χ3v) is 6.55. The molecule has 1 unspecified atom stereocenters. The maximum Gasteiger partial charge on any atom is 0.317 e. The second-order valence-corrected chi connectivity index (χ2v) is 11.4. The van der Waals surface area contributed by atoms with E-state index in [0.29, 0.717) is 19.3 Å². The molecule has 0 saturated heterocycles. The van der Waals surface area contributed by atoms with Crippen LogP contribution in [0, 0.1) is 11.3 Å². The van der Waals surface area contributed by atoms with E-state index in [9.17, 15) is 14.4 Å².